The molecule has 0 aliphatic rings. The number of benzene rings is 1. The Hall–Kier alpha value is -0.970. The van der Waals surface area contributed by atoms with Crippen molar-refractivity contribution in [2.45, 2.75) is 26.4 Å². The fourth-order valence-electron chi connectivity index (χ4n) is 1.67. The molecule has 112 valence electrons. The molecule has 20 heavy (non-hydrogen) atoms. The lowest BCUT2D eigenvalue weighted by Gasteiger charge is -2.28. The Morgan fingerprint density at radius 1 is 1.40 bits per heavy atom. The molecular weight excluding hydrogens is 301 g/mol. The van der Waals surface area contributed by atoms with Gasteiger partial charge in [0.1, 0.15) is 5.75 Å². The molecule has 0 radical (unpaired) electrons. The quantitative estimate of drug-likeness (QED) is 0.877. The molecule has 0 unspecified atom stereocenters. The molecule has 0 aliphatic carbocycles. The molecular formula is C14H19Cl2NO3. The normalized spacial score (nSPS) is 11.3. The first-order valence-corrected chi connectivity index (χ1v) is 7.06. The van der Waals surface area contributed by atoms with Crippen LogP contribution in [0.15, 0.2) is 18.2 Å². The number of hydrogen-bond donors (Lipinski definition) is 1. The highest BCUT2D eigenvalue weighted by Crippen LogP contribution is 2.27. The van der Waals surface area contributed by atoms with Gasteiger partial charge in [-0.25, -0.2) is 0 Å². The van der Waals surface area contributed by atoms with Gasteiger partial charge in [-0.15, -0.1) is 0 Å². The lowest BCUT2D eigenvalue weighted by atomic mass is 10.1. The van der Waals surface area contributed by atoms with Gasteiger partial charge in [-0.05, 0) is 39.0 Å². The largest absolute Gasteiger partial charge is 0.482 e. The third-order valence-corrected chi connectivity index (χ3v) is 3.09. The SMILES string of the molecule is CCN(CC(C)(C)O)C(=O)COc1ccc(Cl)cc1Cl. The number of rotatable bonds is 6. The van der Waals surface area contributed by atoms with Crippen LogP contribution in [0.3, 0.4) is 0 Å². The summed E-state index contributed by atoms with van der Waals surface area (Å²) in [5.74, 6) is 0.198. The Balaban J connectivity index is 2.61. The molecule has 0 bridgehead atoms. The Kier molecular flexibility index (Phi) is 6.11. The van der Waals surface area contributed by atoms with Crippen molar-refractivity contribution in [1.29, 1.82) is 0 Å². The molecule has 0 aromatic heterocycles. The van der Waals surface area contributed by atoms with Gasteiger partial charge in [0, 0.05) is 18.1 Å². The van der Waals surface area contributed by atoms with Crippen LogP contribution >= 0.6 is 23.2 Å². The van der Waals surface area contributed by atoms with Crippen molar-refractivity contribution in [2.75, 3.05) is 19.7 Å². The van der Waals surface area contributed by atoms with E-state index in [1.165, 1.54) is 4.90 Å². The summed E-state index contributed by atoms with van der Waals surface area (Å²) in [6.45, 7) is 5.77. The lowest BCUT2D eigenvalue weighted by molar-refractivity contribution is -0.136. The highest BCUT2D eigenvalue weighted by Gasteiger charge is 2.21. The van der Waals surface area contributed by atoms with Crippen molar-refractivity contribution in [3.05, 3.63) is 28.2 Å². The van der Waals surface area contributed by atoms with E-state index in [1.807, 2.05) is 6.92 Å². The van der Waals surface area contributed by atoms with Crippen molar-refractivity contribution in [1.82, 2.24) is 4.90 Å². The van der Waals surface area contributed by atoms with Crippen molar-refractivity contribution in [3.8, 4) is 5.75 Å². The molecule has 6 heteroatoms. The van der Waals surface area contributed by atoms with E-state index in [9.17, 15) is 9.90 Å². The first kappa shape index (κ1) is 17.1. The van der Waals surface area contributed by atoms with E-state index >= 15 is 0 Å². The van der Waals surface area contributed by atoms with E-state index < -0.39 is 5.60 Å². The van der Waals surface area contributed by atoms with Crippen molar-refractivity contribution < 1.29 is 14.6 Å². The van der Waals surface area contributed by atoms with Crippen molar-refractivity contribution in [2.24, 2.45) is 0 Å². The van der Waals surface area contributed by atoms with Crippen LogP contribution in [0.4, 0.5) is 0 Å². The zero-order valence-corrected chi connectivity index (χ0v) is 13.3. The van der Waals surface area contributed by atoms with Gasteiger partial charge < -0.3 is 14.7 Å². The highest BCUT2D eigenvalue weighted by molar-refractivity contribution is 6.35. The topological polar surface area (TPSA) is 49.8 Å². The summed E-state index contributed by atoms with van der Waals surface area (Å²) >= 11 is 11.7. The zero-order chi connectivity index (χ0) is 15.3. The standard InChI is InChI=1S/C14H19Cl2NO3/c1-4-17(9-14(2,3)19)13(18)8-20-12-6-5-10(15)7-11(12)16/h5-7,19H,4,8-9H2,1-3H3. The fraction of sp³-hybridized carbons (Fsp3) is 0.500. The second-order valence-electron chi connectivity index (χ2n) is 5.08. The maximum Gasteiger partial charge on any atom is 0.260 e. The molecule has 0 spiro atoms. The van der Waals surface area contributed by atoms with Gasteiger partial charge in [0.25, 0.3) is 5.91 Å². The smallest absolute Gasteiger partial charge is 0.260 e. The summed E-state index contributed by atoms with van der Waals surface area (Å²) in [6, 6.07) is 4.81. The first-order chi connectivity index (χ1) is 9.23. The van der Waals surface area contributed by atoms with E-state index in [2.05, 4.69) is 0 Å². The molecule has 0 aliphatic heterocycles. The summed E-state index contributed by atoms with van der Waals surface area (Å²) in [5.41, 5.74) is -0.941. The summed E-state index contributed by atoms with van der Waals surface area (Å²) in [7, 11) is 0. The third-order valence-electron chi connectivity index (χ3n) is 2.56. The van der Waals surface area contributed by atoms with Crippen LogP contribution in [-0.2, 0) is 4.79 Å². The summed E-state index contributed by atoms with van der Waals surface area (Å²) in [5, 5.41) is 10.6. The number of carbonyl (C=O) groups is 1. The van der Waals surface area contributed by atoms with Crippen LogP contribution < -0.4 is 4.74 Å². The van der Waals surface area contributed by atoms with Gasteiger partial charge in [-0.2, -0.15) is 0 Å². The molecule has 0 atom stereocenters. The van der Waals surface area contributed by atoms with Crippen LogP contribution in [0.1, 0.15) is 20.8 Å². The summed E-state index contributed by atoms with van der Waals surface area (Å²) < 4.78 is 5.39. The maximum atomic E-state index is 12.0. The molecule has 0 saturated heterocycles. The molecule has 1 aromatic carbocycles. The van der Waals surface area contributed by atoms with Crippen molar-refractivity contribution in [3.63, 3.8) is 0 Å². The monoisotopic (exact) mass is 319 g/mol. The third kappa shape index (κ3) is 5.57. The van der Waals surface area contributed by atoms with Gasteiger partial charge in [0.15, 0.2) is 6.61 Å². The number of likely N-dealkylation sites (N-methyl/N-ethyl adjacent to an activating group) is 1. The Morgan fingerprint density at radius 2 is 2.05 bits per heavy atom. The Bertz CT molecular complexity index is 472. The molecule has 0 fully saturated rings. The van der Waals surface area contributed by atoms with E-state index in [-0.39, 0.29) is 19.1 Å². The molecule has 1 aromatic rings. The average molecular weight is 320 g/mol. The van der Waals surface area contributed by atoms with Crippen LogP contribution in [0.5, 0.6) is 5.75 Å². The predicted octanol–water partition coefficient (Wildman–Crippen LogP) is 2.99. The number of nitrogens with zero attached hydrogens (tertiary/aromatic N) is 1. The minimum Gasteiger partial charge on any atom is -0.482 e. The first-order valence-electron chi connectivity index (χ1n) is 6.31. The van der Waals surface area contributed by atoms with Gasteiger partial charge in [-0.1, -0.05) is 23.2 Å². The molecule has 0 heterocycles. The summed E-state index contributed by atoms with van der Waals surface area (Å²) in [6.07, 6.45) is 0. The predicted molar refractivity (Wildman–Crippen MR) is 80.5 cm³/mol. The number of amides is 1. The van der Waals surface area contributed by atoms with Gasteiger partial charge in [0.05, 0.1) is 10.6 Å². The highest BCUT2D eigenvalue weighted by atomic mass is 35.5. The molecule has 0 saturated carbocycles. The average Bonchev–Trinajstić information content (AvgIpc) is 2.33. The van der Waals surface area contributed by atoms with Gasteiger partial charge in [-0.3, -0.25) is 4.79 Å². The van der Waals surface area contributed by atoms with Crippen LogP contribution in [0.25, 0.3) is 0 Å². The van der Waals surface area contributed by atoms with Gasteiger partial charge in [0.2, 0.25) is 0 Å². The van der Waals surface area contributed by atoms with Crippen LogP contribution in [0, 0.1) is 0 Å². The Morgan fingerprint density at radius 3 is 2.55 bits per heavy atom. The zero-order valence-electron chi connectivity index (χ0n) is 11.8. The van der Waals surface area contributed by atoms with Crippen LogP contribution in [0.2, 0.25) is 10.0 Å². The second kappa shape index (κ2) is 7.16. The van der Waals surface area contributed by atoms with E-state index in [4.69, 9.17) is 27.9 Å². The van der Waals surface area contributed by atoms with E-state index in [0.717, 1.165) is 0 Å². The van der Waals surface area contributed by atoms with Crippen molar-refractivity contribution >= 4 is 29.1 Å². The number of hydrogen-bond acceptors (Lipinski definition) is 3. The Labute approximate surface area is 129 Å². The second-order valence-corrected chi connectivity index (χ2v) is 5.93. The lowest BCUT2D eigenvalue weighted by Crippen LogP contribution is -2.44. The molecule has 1 rings (SSSR count). The van der Waals surface area contributed by atoms with E-state index in [1.54, 1.807) is 32.0 Å². The maximum absolute atomic E-state index is 12.0. The van der Waals surface area contributed by atoms with E-state index in [0.29, 0.717) is 22.3 Å². The number of aliphatic hydroxyl groups is 1. The number of carbonyl (C=O) groups excluding carboxylic acids is 1. The molecule has 4 nitrogen and oxygen atoms in total. The summed E-state index contributed by atoms with van der Waals surface area (Å²) in [4.78, 5) is 13.6. The minimum absolute atomic E-state index is 0.134. The minimum atomic E-state index is -0.941. The number of ether oxygens (including phenoxy) is 1. The van der Waals surface area contributed by atoms with Gasteiger partial charge >= 0.3 is 0 Å². The van der Waals surface area contributed by atoms with Crippen LogP contribution in [-0.4, -0.2) is 41.2 Å². The molecule has 1 amide bonds. The fourth-order valence-corrected chi connectivity index (χ4v) is 2.13. The number of halogens is 2. The molecule has 1 N–H and O–H groups in total.